The van der Waals surface area contributed by atoms with Crippen molar-refractivity contribution < 1.29 is 4.79 Å². The topological polar surface area (TPSA) is 65.5 Å². The van der Waals surface area contributed by atoms with Gasteiger partial charge in [0.15, 0.2) is 5.96 Å². The number of carbonyl (C=O) groups excluding carboxylic acids is 1. The Labute approximate surface area is 146 Å². The summed E-state index contributed by atoms with van der Waals surface area (Å²) in [5.41, 5.74) is 1.51. The summed E-state index contributed by atoms with van der Waals surface area (Å²) in [6.45, 7) is 3.79. The molecule has 1 aliphatic rings. The molecule has 1 aliphatic carbocycles. The fourth-order valence-corrected chi connectivity index (χ4v) is 3.25. The molecule has 3 N–H and O–H groups in total. The Bertz CT molecular complexity index is 569. The maximum absolute atomic E-state index is 11.6. The van der Waals surface area contributed by atoms with Gasteiger partial charge in [0.1, 0.15) is 0 Å². The van der Waals surface area contributed by atoms with Gasteiger partial charge in [-0.05, 0) is 30.9 Å². The van der Waals surface area contributed by atoms with Gasteiger partial charge >= 0.3 is 0 Å². The van der Waals surface area contributed by atoms with E-state index in [1.807, 2.05) is 13.0 Å². The highest BCUT2D eigenvalue weighted by Gasteiger charge is 2.45. The molecule has 0 atom stereocenters. The first-order valence-corrected chi connectivity index (χ1v) is 8.87. The summed E-state index contributed by atoms with van der Waals surface area (Å²) in [6.07, 6.45) is 3.26. The van der Waals surface area contributed by atoms with Gasteiger partial charge in [-0.1, -0.05) is 41.1 Å². The van der Waals surface area contributed by atoms with Gasteiger partial charge in [-0.2, -0.15) is 0 Å². The summed E-state index contributed by atoms with van der Waals surface area (Å²) in [5, 5.41) is 9.25. The molecule has 0 aromatic heterocycles. The van der Waals surface area contributed by atoms with Crippen LogP contribution in [-0.4, -0.2) is 38.5 Å². The molecule has 1 aromatic rings. The van der Waals surface area contributed by atoms with Crippen molar-refractivity contribution >= 4 is 27.8 Å². The van der Waals surface area contributed by atoms with Crippen LogP contribution in [0.4, 0.5) is 0 Å². The van der Waals surface area contributed by atoms with Crippen LogP contribution in [0, 0.1) is 0 Å². The van der Waals surface area contributed by atoms with Crippen LogP contribution in [0.2, 0.25) is 0 Å². The summed E-state index contributed by atoms with van der Waals surface area (Å²) in [6, 6.07) is 8.37. The molecular formula is C17H25BrN4O. The smallest absolute Gasteiger partial charge is 0.239 e. The third kappa shape index (κ3) is 4.96. The van der Waals surface area contributed by atoms with Gasteiger partial charge in [-0.3, -0.25) is 9.79 Å². The third-order valence-corrected chi connectivity index (χ3v) is 4.80. The maximum atomic E-state index is 11.6. The van der Waals surface area contributed by atoms with Crippen molar-refractivity contribution in [2.24, 2.45) is 4.99 Å². The molecule has 23 heavy (non-hydrogen) atoms. The second-order valence-electron chi connectivity index (χ2n) is 5.89. The molecule has 0 saturated heterocycles. The van der Waals surface area contributed by atoms with Crippen molar-refractivity contribution in [3.8, 4) is 0 Å². The molecule has 0 bridgehead atoms. The van der Waals surface area contributed by atoms with E-state index in [1.165, 1.54) is 5.56 Å². The zero-order chi connectivity index (χ0) is 16.7. The van der Waals surface area contributed by atoms with Crippen LogP contribution in [0.25, 0.3) is 0 Å². The van der Waals surface area contributed by atoms with Crippen LogP contribution in [0.5, 0.6) is 0 Å². The molecular weight excluding hydrogens is 356 g/mol. The van der Waals surface area contributed by atoms with Crippen molar-refractivity contribution in [2.75, 3.05) is 26.7 Å². The second kappa shape index (κ2) is 8.34. The Morgan fingerprint density at radius 2 is 2.00 bits per heavy atom. The number of benzene rings is 1. The number of nitrogens with one attached hydrogen (secondary N) is 3. The minimum Gasteiger partial charge on any atom is -0.356 e. The lowest BCUT2D eigenvalue weighted by atomic mass is 9.96. The normalized spacial score (nSPS) is 15.9. The van der Waals surface area contributed by atoms with Crippen LogP contribution >= 0.6 is 15.9 Å². The number of hydrogen-bond donors (Lipinski definition) is 3. The predicted molar refractivity (Wildman–Crippen MR) is 97.7 cm³/mol. The predicted octanol–water partition coefficient (Wildman–Crippen LogP) is 2.17. The molecule has 0 unspecified atom stereocenters. The highest BCUT2D eigenvalue weighted by atomic mass is 79.9. The number of amides is 1. The SMILES string of the molecule is CCCNC(=O)CNC(=NC)NCC1(c2ccccc2Br)CC1. The summed E-state index contributed by atoms with van der Waals surface area (Å²) >= 11 is 3.64. The number of aliphatic imine (C=N–C) groups is 1. The fraction of sp³-hybridized carbons (Fsp3) is 0.529. The standard InChI is InChI=1S/C17H25BrN4O/c1-3-10-20-15(23)11-21-16(19-2)22-12-17(8-9-17)13-6-4-5-7-14(13)18/h4-7H,3,8-12H2,1-2H3,(H,20,23)(H2,19,21,22). The van der Waals surface area contributed by atoms with Crippen molar-refractivity contribution in [1.82, 2.24) is 16.0 Å². The number of guanidine groups is 1. The maximum Gasteiger partial charge on any atom is 0.239 e. The highest BCUT2D eigenvalue weighted by Crippen LogP contribution is 2.49. The monoisotopic (exact) mass is 380 g/mol. The largest absolute Gasteiger partial charge is 0.356 e. The number of carbonyl (C=O) groups is 1. The quantitative estimate of drug-likeness (QED) is 0.501. The van der Waals surface area contributed by atoms with E-state index in [0.717, 1.165) is 30.3 Å². The Morgan fingerprint density at radius 1 is 1.26 bits per heavy atom. The van der Waals surface area contributed by atoms with Gasteiger partial charge in [0, 0.05) is 30.0 Å². The number of halogens is 1. The molecule has 0 aliphatic heterocycles. The van der Waals surface area contributed by atoms with Gasteiger partial charge in [0.2, 0.25) is 5.91 Å². The van der Waals surface area contributed by atoms with E-state index in [1.54, 1.807) is 7.05 Å². The van der Waals surface area contributed by atoms with E-state index >= 15 is 0 Å². The first-order valence-electron chi connectivity index (χ1n) is 8.07. The molecule has 6 heteroatoms. The van der Waals surface area contributed by atoms with Gasteiger partial charge in [-0.25, -0.2) is 0 Å². The van der Waals surface area contributed by atoms with Crippen molar-refractivity contribution in [2.45, 2.75) is 31.6 Å². The van der Waals surface area contributed by atoms with Crippen LogP contribution < -0.4 is 16.0 Å². The summed E-state index contributed by atoms with van der Waals surface area (Å²) < 4.78 is 1.15. The third-order valence-electron chi connectivity index (χ3n) is 4.11. The van der Waals surface area contributed by atoms with E-state index < -0.39 is 0 Å². The van der Waals surface area contributed by atoms with E-state index in [-0.39, 0.29) is 17.9 Å². The molecule has 1 aromatic carbocycles. The molecule has 2 rings (SSSR count). The Hall–Kier alpha value is -1.56. The van der Waals surface area contributed by atoms with Gasteiger partial charge in [-0.15, -0.1) is 0 Å². The number of hydrogen-bond acceptors (Lipinski definition) is 2. The Morgan fingerprint density at radius 3 is 2.61 bits per heavy atom. The van der Waals surface area contributed by atoms with Crippen LogP contribution in [0.3, 0.4) is 0 Å². The summed E-state index contributed by atoms with van der Waals surface area (Å²) in [4.78, 5) is 15.8. The lowest BCUT2D eigenvalue weighted by Crippen LogP contribution is -2.45. The van der Waals surface area contributed by atoms with Crippen molar-refractivity contribution in [3.63, 3.8) is 0 Å². The van der Waals surface area contributed by atoms with Gasteiger partial charge in [0.25, 0.3) is 0 Å². The lowest BCUT2D eigenvalue weighted by Gasteiger charge is -2.20. The van der Waals surface area contributed by atoms with Crippen LogP contribution in [-0.2, 0) is 10.2 Å². The number of nitrogens with zero attached hydrogens (tertiary/aromatic N) is 1. The molecule has 1 saturated carbocycles. The zero-order valence-corrected chi connectivity index (χ0v) is 15.4. The Kier molecular flexibility index (Phi) is 6.45. The van der Waals surface area contributed by atoms with Crippen LogP contribution in [0.1, 0.15) is 31.7 Å². The second-order valence-corrected chi connectivity index (χ2v) is 6.74. The fourth-order valence-electron chi connectivity index (χ4n) is 2.55. The average Bonchev–Trinajstić information content (AvgIpc) is 3.34. The molecule has 1 fully saturated rings. The van der Waals surface area contributed by atoms with Crippen molar-refractivity contribution in [1.29, 1.82) is 0 Å². The minimum absolute atomic E-state index is 0.0123. The van der Waals surface area contributed by atoms with E-state index in [4.69, 9.17) is 0 Å². The van der Waals surface area contributed by atoms with Gasteiger partial charge < -0.3 is 16.0 Å². The van der Waals surface area contributed by atoms with Crippen molar-refractivity contribution in [3.05, 3.63) is 34.3 Å². The molecule has 1 amide bonds. The van der Waals surface area contributed by atoms with Gasteiger partial charge in [0.05, 0.1) is 6.54 Å². The minimum atomic E-state index is -0.0123. The Balaban J connectivity index is 1.84. The van der Waals surface area contributed by atoms with E-state index in [0.29, 0.717) is 12.5 Å². The summed E-state index contributed by atoms with van der Waals surface area (Å²) in [7, 11) is 1.72. The molecule has 0 heterocycles. The average molecular weight is 381 g/mol. The first kappa shape index (κ1) is 17.8. The van der Waals surface area contributed by atoms with E-state index in [9.17, 15) is 4.79 Å². The summed E-state index contributed by atoms with van der Waals surface area (Å²) in [5.74, 6) is 0.650. The van der Waals surface area contributed by atoms with E-state index in [2.05, 4.69) is 55.1 Å². The molecule has 126 valence electrons. The highest BCUT2D eigenvalue weighted by molar-refractivity contribution is 9.10. The van der Waals surface area contributed by atoms with Crippen LogP contribution in [0.15, 0.2) is 33.7 Å². The molecule has 0 spiro atoms. The molecule has 5 nitrogen and oxygen atoms in total. The number of rotatable bonds is 7. The first-order chi connectivity index (χ1) is 11.1. The lowest BCUT2D eigenvalue weighted by molar-refractivity contribution is -0.120. The molecule has 0 radical (unpaired) electrons. The zero-order valence-electron chi connectivity index (χ0n) is 13.8.